The molecule has 0 aromatic rings. The lowest BCUT2D eigenvalue weighted by atomic mass is 9.99. The fourth-order valence-corrected chi connectivity index (χ4v) is 6.44. The Hall–Kier alpha value is -2.63. The number of hydrogen-bond donors (Lipinski definition) is 4. The molecule has 0 saturated carbocycles. The fraction of sp³-hybridized carbons (Fsp3) is 0.700. The molecule has 0 amide bonds. The third-order valence-electron chi connectivity index (χ3n) is 10.0. The first-order chi connectivity index (χ1) is 28.9. The summed E-state index contributed by atoms with van der Waals surface area (Å²) in [6, 6.07) is 0. The SMILES string of the molecule is CC/C=C\C/C=C\C/C=C\C/C=C\C/C=C\C/C=C\CCCCCCCCC(=O)OC(COCCCCCCCC/C=C\CCC)COC1OC(CO)C(O)C(O)C1O. The van der Waals surface area contributed by atoms with Crippen LogP contribution in [0.25, 0.3) is 0 Å². The Balaban J connectivity index is 2.24. The van der Waals surface area contributed by atoms with Crippen LogP contribution in [0.15, 0.2) is 85.1 Å². The highest BCUT2D eigenvalue weighted by Gasteiger charge is 2.44. The van der Waals surface area contributed by atoms with E-state index in [4.69, 9.17) is 18.9 Å². The number of hydrogen-bond acceptors (Lipinski definition) is 9. The topological polar surface area (TPSA) is 135 Å². The molecule has 1 heterocycles. The molecule has 9 heteroatoms. The summed E-state index contributed by atoms with van der Waals surface area (Å²) < 4.78 is 22.8. The molecule has 0 aliphatic carbocycles. The van der Waals surface area contributed by atoms with Crippen molar-refractivity contribution in [2.45, 2.75) is 198 Å². The minimum absolute atomic E-state index is 0.127. The molecule has 4 N–H and O–H groups in total. The van der Waals surface area contributed by atoms with Crippen LogP contribution in [0.3, 0.4) is 0 Å². The maximum Gasteiger partial charge on any atom is 0.306 e. The zero-order valence-corrected chi connectivity index (χ0v) is 37.0. The zero-order valence-electron chi connectivity index (χ0n) is 37.0. The number of unbranched alkanes of at least 4 members (excludes halogenated alkanes) is 13. The van der Waals surface area contributed by atoms with Gasteiger partial charge in [-0.25, -0.2) is 0 Å². The number of aliphatic hydroxyl groups excluding tert-OH is 4. The molecule has 1 saturated heterocycles. The minimum atomic E-state index is -1.54. The van der Waals surface area contributed by atoms with Crippen LogP contribution < -0.4 is 0 Å². The van der Waals surface area contributed by atoms with Gasteiger partial charge in [-0.05, 0) is 83.5 Å². The molecular weight excluding hydrogens is 745 g/mol. The summed E-state index contributed by atoms with van der Waals surface area (Å²) in [5, 5.41) is 40.1. The second kappa shape index (κ2) is 40.8. The number of carbonyl (C=O) groups is 1. The van der Waals surface area contributed by atoms with E-state index >= 15 is 0 Å². The predicted octanol–water partition coefficient (Wildman–Crippen LogP) is 10.6. The predicted molar refractivity (Wildman–Crippen MR) is 242 cm³/mol. The van der Waals surface area contributed by atoms with E-state index < -0.39 is 43.4 Å². The normalized spacial score (nSPS) is 20.9. The van der Waals surface area contributed by atoms with Gasteiger partial charge in [0.1, 0.15) is 30.5 Å². The molecule has 0 aromatic carbocycles. The highest BCUT2D eigenvalue weighted by atomic mass is 16.7. The molecule has 1 aliphatic heterocycles. The van der Waals surface area contributed by atoms with Crippen molar-refractivity contribution < 1.29 is 44.2 Å². The van der Waals surface area contributed by atoms with Gasteiger partial charge in [0.2, 0.25) is 0 Å². The van der Waals surface area contributed by atoms with E-state index in [1.54, 1.807) is 0 Å². The highest BCUT2D eigenvalue weighted by Crippen LogP contribution is 2.22. The van der Waals surface area contributed by atoms with E-state index in [-0.39, 0.29) is 19.2 Å². The van der Waals surface area contributed by atoms with Gasteiger partial charge in [-0.15, -0.1) is 0 Å². The highest BCUT2D eigenvalue weighted by molar-refractivity contribution is 5.69. The Bertz CT molecular complexity index is 1170. The van der Waals surface area contributed by atoms with E-state index in [9.17, 15) is 25.2 Å². The van der Waals surface area contributed by atoms with E-state index in [1.807, 2.05) is 0 Å². The van der Waals surface area contributed by atoms with Gasteiger partial charge in [0.15, 0.2) is 6.29 Å². The molecule has 0 bridgehead atoms. The summed E-state index contributed by atoms with van der Waals surface area (Å²) in [5.74, 6) is -0.335. The third-order valence-corrected chi connectivity index (χ3v) is 10.0. The van der Waals surface area contributed by atoms with Crippen molar-refractivity contribution in [2.75, 3.05) is 26.4 Å². The van der Waals surface area contributed by atoms with E-state index in [1.165, 1.54) is 32.1 Å². The molecule has 1 fully saturated rings. The number of rotatable bonds is 38. The van der Waals surface area contributed by atoms with E-state index in [0.717, 1.165) is 109 Å². The lowest BCUT2D eigenvalue weighted by Crippen LogP contribution is -2.59. The maximum atomic E-state index is 12.8. The molecule has 9 nitrogen and oxygen atoms in total. The van der Waals surface area contributed by atoms with Crippen molar-refractivity contribution in [1.82, 2.24) is 0 Å². The lowest BCUT2D eigenvalue weighted by Gasteiger charge is -2.39. The number of aliphatic hydroxyl groups is 4. The summed E-state index contributed by atoms with van der Waals surface area (Å²) >= 11 is 0. The summed E-state index contributed by atoms with van der Waals surface area (Å²) in [6.45, 7) is 4.34. The second-order valence-corrected chi connectivity index (χ2v) is 15.5. The molecule has 1 rings (SSSR count). The lowest BCUT2D eigenvalue weighted by molar-refractivity contribution is -0.305. The fourth-order valence-electron chi connectivity index (χ4n) is 6.44. The largest absolute Gasteiger partial charge is 0.457 e. The van der Waals surface area contributed by atoms with E-state index in [0.29, 0.717) is 13.0 Å². The molecule has 0 aromatic heterocycles. The van der Waals surface area contributed by atoms with Gasteiger partial charge in [0, 0.05) is 13.0 Å². The smallest absolute Gasteiger partial charge is 0.306 e. The van der Waals surface area contributed by atoms with Crippen LogP contribution in [0.4, 0.5) is 0 Å². The Morgan fingerprint density at radius 3 is 1.58 bits per heavy atom. The average molecular weight is 829 g/mol. The van der Waals surface area contributed by atoms with Crippen LogP contribution in [0.5, 0.6) is 0 Å². The number of ether oxygens (including phenoxy) is 4. The molecule has 0 spiro atoms. The van der Waals surface area contributed by atoms with Gasteiger partial charge >= 0.3 is 5.97 Å². The number of esters is 1. The summed E-state index contributed by atoms with van der Waals surface area (Å²) in [6.07, 6.45) is 47.5. The van der Waals surface area contributed by atoms with Crippen LogP contribution in [0.1, 0.15) is 162 Å². The van der Waals surface area contributed by atoms with Crippen LogP contribution in [0, 0.1) is 0 Å². The monoisotopic (exact) mass is 829 g/mol. The van der Waals surface area contributed by atoms with Gasteiger partial charge in [0.25, 0.3) is 0 Å². The van der Waals surface area contributed by atoms with Crippen molar-refractivity contribution in [3.05, 3.63) is 85.1 Å². The first-order valence-electron chi connectivity index (χ1n) is 23.2. The van der Waals surface area contributed by atoms with Gasteiger partial charge in [-0.1, -0.05) is 157 Å². The van der Waals surface area contributed by atoms with Crippen molar-refractivity contribution in [1.29, 1.82) is 0 Å². The van der Waals surface area contributed by atoms with Crippen LogP contribution >= 0.6 is 0 Å². The second-order valence-electron chi connectivity index (χ2n) is 15.5. The molecule has 338 valence electrons. The van der Waals surface area contributed by atoms with Crippen LogP contribution in [-0.4, -0.2) is 89.6 Å². The Kier molecular flexibility index (Phi) is 37.6. The van der Waals surface area contributed by atoms with Gasteiger partial charge < -0.3 is 39.4 Å². The summed E-state index contributed by atoms with van der Waals surface area (Å²) in [4.78, 5) is 12.8. The molecule has 6 unspecified atom stereocenters. The van der Waals surface area contributed by atoms with Crippen molar-refractivity contribution in [3.8, 4) is 0 Å². The molecule has 59 heavy (non-hydrogen) atoms. The zero-order chi connectivity index (χ0) is 42.9. The van der Waals surface area contributed by atoms with E-state index in [2.05, 4.69) is 98.9 Å². The van der Waals surface area contributed by atoms with Crippen molar-refractivity contribution >= 4 is 5.97 Å². The summed E-state index contributed by atoms with van der Waals surface area (Å²) in [5.41, 5.74) is 0. The standard InChI is InChI=1S/C50H84O9/c1-3-5-7-9-11-13-15-16-17-18-19-20-21-22-23-24-25-26-27-28-29-31-33-35-37-39-46(52)58-44(43-57-50-49(55)48(54)47(53)45(41-51)59-50)42-56-40-38-36-34-32-30-14-12-10-8-6-4-2/h5,7-8,10-11,13,16-17,19-20,22-23,25-26,44-45,47-51,53-55H,3-4,6,9,12,14-15,18,21,24,27-43H2,1-2H3/b7-5-,10-8-,13-11-,17-16-,20-19-,23-22-,26-25-. The maximum absolute atomic E-state index is 12.8. The Morgan fingerprint density at radius 2 is 1.03 bits per heavy atom. The third kappa shape index (κ3) is 31.8. The first kappa shape index (κ1) is 54.4. The Labute approximate surface area is 359 Å². The molecule has 1 aliphatic rings. The van der Waals surface area contributed by atoms with Gasteiger partial charge in [-0.3, -0.25) is 4.79 Å². The first-order valence-corrected chi connectivity index (χ1v) is 23.2. The van der Waals surface area contributed by atoms with Gasteiger partial charge in [0.05, 0.1) is 19.8 Å². The molecule has 6 atom stereocenters. The number of allylic oxidation sites excluding steroid dienone is 14. The molecule has 0 radical (unpaired) electrons. The number of carbonyl (C=O) groups excluding carboxylic acids is 1. The van der Waals surface area contributed by atoms with Gasteiger partial charge in [-0.2, -0.15) is 0 Å². The average Bonchev–Trinajstić information content (AvgIpc) is 3.24. The van der Waals surface area contributed by atoms with Crippen molar-refractivity contribution in [2.24, 2.45) is 0 Å². The Morgan fingerprint density at radius 1 is 0.559 bits per heavy atom. The van der Waals surface area contributed by atoms with Crippen LogP contribution in [-0.2, 0) is 23.7 Å². The summed E-state index contributed by atoms with van der Waals surface area (Å²) in [7, 11) is 0. The minimum Gasteiger partial charge on any atom is -0.457 e. The van der Waals surface area contributed by atoms with Crippen LogP contribution in [0.2, 0.25) is 0 Å². The molecular formula is C50H84O9. The van der Waals surface area contributed by atoms with Crippen molar-refractivity contribution in [3.63, 3.8) is 0 Å². The quantitative estimate of drug-likeness (QED) is 0.0272.